The van der Waals surface area contributed by atoms with Crippen LogP contribution in [0.4, 0.5) is 0 Å². The molecule has 0 saturated heterocycles. The molecule has 1 N–H and O–H groups in total. The molecule has 0 fully saturated rings. The Morgan fingerprint density at radius 2 is 2.30 bits per heavy atom. The van der Waals surface area contributed by atoms with Crippen molar-refractivity contribution in [1.82, 2.24) is 9.78 Å². The molecule has 5 heteroatoms. The summed E-state index contributed by atoms with van der Waals surface area (Å²) in [4.78, 5) is 12.1. The van der Waals surface area contributed by atoms with E-state index in [2.05, 4.69) is 12.0 Å². The van der Waals surface area contributed by atoms with Crippen molar-refractivity contribution in [3.8, 4) is 11.5 Å². The van der Waals surface area contributed by atoms with Crippen molar-refractivity contribution in [3.63, 3.8) is 0 Å². The van der Waals surface area contributed by atoms with E-state index in [1.54, 1.807) is 18.3 Å². The zero-order valence-electron chi connectivity index (χ0n) is 11.0. The van der Waals surface area contributed by atoms with Crippen molar-refractivity contribution in [3.05, 3.63) is 47.5 Å². The molecule has 1 aromatic heterocycles. The van der Waals surface area contributed by atoms with Crippen LogP contribution < -0.4 is 4.74 Å². The number of aromatic nitrogens is 2. The van der Waals surface area contributed by atoms with Gasteiger partial charge in [0.05, 0.1) is 11.8 Å². The number of phenols is 1. The topological polar surface area (TPSA) is 64.3 Å². The Balaban J connectivity index is 1.88. The van der Waals surface area contributed by atoms with Gasteiger partial charge in [0, 0.05) is 24.4 Å². The number of Topliss-reactive ketones (excluding diaryl/α,β-unsaturated/α-hetero) is 1. The van der Waals surface area contributed by atoms with Gasteiger partial charge < -0.3 is 9.84 Å². The molecule has 0 bridgehead atoms. The van der Waals surface area contributed by atoms with Crippen LogP contribution in [0.25, 0.3) is 6.08 Å². The number of ether oxygens (including phenoxy) is 1. The summed E-state index contributed by atoms with van der Waals surface area (Å²) in [5.41, 5.74) is 1.29. The van der Waals surface area contributed by atoms with E-state index in [0.29, 0.717) is 11.3 Å². The fraction of sp³-hybridized carbons (Fsp3) is 0.200. The highest BCUT2D eigenvalue weighted by Gasteiger charge is 2.27. The van der Waals surface area contributed by atoms with Gasteiger partial charge in [-0.25, -0.2) is 0 Å². The fourth-order valence-electron chi connectivity index (χ4n) is 2.13. The summed E-state index contributed by atoms with van der Waals surface area (Å²) in [7, 11) is 0. The number of allylic oxidation sites excluding steroid dienone is 1. The first-order valence-corrected chi connectivity index (χ1v) is 6.47. The Labute approximate surface area is 116 Å². The van der Waals surface area contributed by atoms with Crippen LogP contribution in [-0.4, -0.2) is 20.7 Å². The molecule has 1 aliphatic heterocycles. The van der Waals surface area contributed by atoms with E-state index in [9.17, 15) is 9.90 Å². The van der Waals surface area contributed by atoms with Crippen LogP contribution in [0.2, 0.25) is 0 Å². The lowest BCUT2D eigenvalue weighted by atomic mass is 10.1. The molecule has 0 amide bonds. The number of benzene rings is 1. The Morgan fingerprint density at radius 1 is 1.45 bits per heavy atom. The second kappa shape index (κ2) is 4.85. The van der Waals surface area contributed by atoms with Crippen molar-refractivity contribution < 1.29 is 14.6 Å². The van der Waals surface area contributed by atoms with Crippen LogP contribution in [0.1, 0.15) is 29.3 Å². The van der Waals surface area contributed by atoms with Crippen molar-refractivity contribution >= 4 is 11.9 Å². The summed E-state index contributed by atoms with van der Waals surface area (Å²) < 4.78 is 7.31. The summed E-state index contributed by atoms with van der Waals surface area (Å²) in [5.74, 6) is 0.542. The van der Waals surface area contributed by atoms with E-state index in [1.807, 2.05) is 10.9 Å². The van der Waals surface area contributed by atoms with Crippen LogP contribution in [0, 0.1) is 0 Å². The molecule has 3 rings (SSSR count). The second-order valence-corrected chi connectivity index (χ2v) is 4.66. The molecule has 0 aliphatic carbocycles. The lowest BCUT2D eigenvalue weighted by Gasteiger charge is -1.97. The minimum atomic E-state index is -0.178. The molecule has 0 unspecified atom stereocenters. The highest BCUT2D eigenvalue weighted by molar-refractivity contribution is 6.14. The van der Waals surface area contributed by atoms with Crippen molar-refractivity contribution in [2.45, 2.75) is 19.9 Å². The SMILES string of the molecule is CCCn1cc(/C=C2\Oc3cc(O)ccc3C2=O)cn1. The third-order valence-corrected chi connectivity index (χ3v) is 3.06. The highest BCUT2D eigenvalue weighted by atomic mass is 16.5. The van der Waals surface area contributed by atoms with Gasteiger partial charge in [0.15, 0.2) is 5.76 Å². The first kappa shape index (κ1) is 12.5. The molecule has 20 heavy (non-hydrogen) atoms. The van der Waals surface area contributed by atoms with Gasteiger partial charge >= 0.3 is 0 Å². The molecule has 2 heterocycles. The Bertz CT molecular complexity index is 701. The van der Waals surface area contributed by atoms with Crippen LogP contribution >= 0.6 is 0 Å². The summed E-state index contributed by atoms with van der Waals surface area (Å²) in [6.45, 7) is 2.92. The lowest BCUT2D eigenvalue weighted by molar-refractivity contribution is 0.101. The van der Waals surface area contributed by atoms with E-state index in [-0.39, 0.29) is 17.3 Å². The predicted octanol–water partition coefficient (Wildman–Crippen LogP) is 2.61. The zero-order valence-corrected chi connectivity index (χ0v) is 11.0. The van der Waals surface area contributed by atoms with Crippen LogP contribution in [0.5, 0.6) is 11.5 Å². The summed E-state index contributed by atoms with van der Waals surface area (Å²) in [6.07, 6.45) is 6.23. The number of rotatable bonds is 3. The van der Waals surface area contributed by atoms with Crippen LogP contribution in [-0.2, 0) is 6.54 Å². The van der Waals surface area contributed by atoms with Gasteiger partial charge in [-0.15, -0.1) is 0 Å². The van der Waals surface area contributed by atoms with Crippen molar-refractivity contribution in [1.29, 1.82) is 0 Å². The molecule has 102 valence electrons. The molecular weight excluding hydrogens is 256 g/mol. The normalized spacial score (nSPS) is 15.4. The van der Waals surface area contributed by atoms with Gasteiger partial charge in [-0.3, -0.25) is 9.48 Å². The van der Waals surface area contributed by atoms with E-state index in [0.717, 1.165) is 18.5 Å². The maximum absolute atomic E-state index is 12.1. The molecule has 0 radical (unpaired) electrons. The minimum Gasteiger partial charge on any atom is -0.508 e. The number of carbonyl (C=O) groups is 1. The Kier molecular flexibility index (Phi) is 3.02. The number of phenolic OH excluding ortho intramolecular Hbond substituents is 1. The number of ketones is 1. The summed E-state index contributed by atoms with van der Waals surface area (Å²) in [6, 6.07) is 4.48. The molecule has 2 aromatic rings. The maximum atomic E-state index is 12.1. The van der Waals surface area contributed by atoms with E-state index in [4.69, 9.17) is 4.74 Å². The van der Waals surface area contributed by atoms with Crippen LogP contribution in [0.3, 0.4) is 0 Å². The number of hydrogen-bond acceptors (Lipinski definition) is 4. The van der Waals surface area contributed by atoms with Crippen molar-refractivity contribution in [2.75, 3.05) is 0 Å². The van der Waals surface area contributed by atoms with Gasteiger partial charge in [-0.05, 0) is 24.6 Å². The second-order valence-electron chi connectivity index (χ2n) is 4.66. The van der Waals surface area contributed by atoms with Gasteiger partial charge in [-0.2, -0.15) is 5.10 Å². The Hall–Kier alpha value is -2.56. The number of fused-ring (bicyclic) bond motifs is 1. The number of nitrogens with zero attached hydrogens (tertiary/aromatic N) is 2. The van der Waals surface area contributed by atoms with Gasteiger partial charge in [0.1, 0.15) is 11.5 Å². The van der Waals surface area contributed by atoms with E-state index in [1.165, 1.54) is 12.1 Å². The fourth-order valence-corrected chi connectivity index (χ4v) is 2.13. The Morgan fingerprint density at radius 3 is 3.10 bits per heavy atom. The number of aromatic hydroxyl groups is 1. The molecule has 5 nitrogen and oxygen atoms in total. The monoisotopic (exact) mass is 270 g/mol. The van der Waals surface area contributed by atoms with Gasteiger partial charge in [0.2, 0.25) is 5.78 Å². The first-order valence-electron chi connectivity index (χ1n) is 6.47. The largest absolute Gasteiger partial charge is 0.508 e. The number of hydrogen-bond donors (Lipinski definition) is 1. The minimum absolute atomic E-state index is 0.0774. The first-order chi connectivity index (χ1) is 9.67. The van der Waals surface area contributed by atoms with Crippen LogP contribution in [0.15, 0.2) is 36.4 Å². The number of aryl methyl sites for hydroxylation is 1. The lowest BCUT2D eigenvalue weighted by Crippen LogP contribution is -1.98. The molecule has 0 atom stereocenters. The maximum Gasteiger partial charge on any atom is 0.231 e. The highest BCUT2D eigenvalue weighted by Crippen LogP contribution is 2.34. The van der Waals surface area contributed by atoms with Crippen molar-refractivity contribution in [2.24, 2.45) is 0 Å². The van der Waals surface area contributed by atoms with E-state index < -0.39 is 0 Å². The quantitative estimate of drug-likeness (QED) is 0.871. The van der Waals surface area contributed by atoms with Gasteiger partial charge in [-0.1, -0.05) is 6.92 Å². The average molecular weight is 270 g/mol. The third-order valence-electron chi connectivity index (χ3n) is 3.06. The molecule has 1 aliphatic rings. The third kappa shape index (κ3) is 2.18. The standard InChI is InChI=1S/C15H14N2O3/c1-2-5-17-9-10(8-16-17)6-14-15(19)12-4-3-11(18)7-13(12)20-14/h3-4,6-9,18H,2,5H2,1H3/b14-6-. The average Bonchev–Trinajstić information content (AvgIpc) is 2.96. The molecule has 0 spiro atoms. The number of carbonyl (C=O) groups excluding carboxylic acids is 1. The van der Waals surface area contributed by atoms with Gasteiger partial charge in [0.25, 0.3) is 0 Å². The summed E-state index contributed by atoms with van der Waals surface area (Å²) >= 11 is 0. The molecular formula is C15H14N2O3. The van der Waals surface area contributed by atoms with E-state index >= 15 is 0 Å². The zero-order chi connectivity index (χ0) is 14.1. The smallest absolute Gasteiger partial charge is 0.231 e. The summed E-state index contributed by atoms with van der Waals surface area (Å²) in [5, 5.41) is 13.6. The predicted molar refractivity (Wildman–Crippen MR) is 73.6 cm³/mol. The molecule has 1 aromatic carbocycles. The molecule has 0 saturated carbocycles.